The van der Waals surface area contributed by atoms with Crippen molar-refractivity contribution in [1.82, 2.24) is 0 Å². The average Bonchev–Trinajstić information content (AvgIpc) is 3.22. The van der Waals surface area contributed by atoms with Crippen LogP contribution in [0.2, 0.25) is 0 Å². The molecule has 2 aromatic rings. The number of cyclic esters (lactones) is 2. The van der Waals surface area contributed by atoms with E-state index in [2.05, 4.69) is 44.7 Å². The molecule has 3 nitrogen and oxygen atoms in total. The number of carbonyl (C=O) groups excluding carboxylic acids is 2. The Hall–Kier alpha value is -2.94. The molecule has 28 heavy (non-hydrogen) atoms. The van der Waals surface area contributed by atoms with Crippen LogP contribution in [0.15, 0.2) is 84.5 Å². The van der Waals surface area contributed by atoms with Crippen molar-refractivity contribution in [2.45, 2.75) is 25.2 Å². The van der Waals surface area contributed by atoms with Gasteiger partial charge in [-0.2, -0.15) is 0 Å². The van der Waals surface area contributed by atoms with Crippen LogP contribution in [0, 0.1) is 17.3 Å². The zero-order valence-corrected chi connectivity index (χ0v) is 16.0. The predicted octanol–water partition coefficient (Wildman–Crippen LogP) is 4.56. The first kappa shape index (κ1) is 17.2. The molecule has 1 aliphatic heterocycles. The van der Waals surface area contributed by atoms with Gasteiger partial charge in [0.25, 0.3) is 0 Å². The van der Waals surface area contributed by atoms with Crippen LogP contribution in [0.4, 0.5) is 0 Å². The summed E-state index contributed by atoms with van der Waals surface area (Å²) in [7, 11) is 0. The number of hydrogen-bond acceptors (Lipinski definition) is 3. The Morgan fingerprint density at radius 2 is 1.50 bits per heavy atom. The third kappa shape index (κ3) is 1.71. The Balaban J connectivity index is 1.92. The van der Waals surface area contributed by atoms with Crippen LogP contribution in [0.1, 0.15) is 30.9 Å². The van der Waals surface area contributed by atoms with Crippen LogP contribution in [-0.4, -0.2) is 11.9 Å². The number of benzene rings is 2. The maximum absolute atomic E-state index is 13.0. The topological polar surface area (TPSA) is 43.4 Å². The molecule has 140 valence electrons. The second kappa shape index (κ2) is 5.54. The fraction of sp³-hybridized carbons (Fsp3) is 0.280. The molecule has 1 saturated heterocycles. The number of carbonyl (C=O) groups is 2. The first-order valence-electron chi connectivity index (χ1n) is 9.69. The monoisotopic (exact) mass is 370 g/mol. The summed E-state index contributed by atoms with van der Waals surface area (Å²) in [6.45, 7) is 8.28. The van der Waals surface area contributed by atoms with E-state index in [9.17, 15) is 9.59 Å². The van der Waals surface area contributed by atoms with E-state index < -0.39 is 34.6 Å². The number of esters is 2. The highest BCUT2D eigenvalue weighted by Crippen LogP contribution is 2.77. The van der Waals surface area contributed by atoms with E-state index in [4.69, 9.17) is 4.74 Å². The van der Waals surface area contributed by atoms with Crippen LogP contribution in [0.3, 0.4) is 0 Å². The van der Waals surface area contributed by atoms with Crippen LogP contribution in [0.25, 0.3) is 0 Å². The molecule has 3 heteroatoms. The van der Waals surface area contributed by atoms with Crippen molar-refractivity contribution in [3.8, 4) is 0 Å². The highest BCUT2D eigenvalue weighted by atomic mass is 16.6. The lowest BCUT2D eigenvalue weighted by Crippen LogP contribution is -2.40. The number of ether oxygens (including phenoxy) is 1. The van der Waals surface area contributed by atoms with Gasteiger partial charge in [0.1, 0.15) is 0 Å². The van der Waals surface area contributed by atoms with Crippen molar-refractivity contribution in [3.05, 3.63) is 95.6 Å². The summed E-state index contributed by atoms with van der Waals surface area (Å²) < 4.78 is 5.21. The van der Waals surface area contributed by atoms with E-state index in [1.54, 1.807) is 0 Å². The van der Waals surface area contributed by atoms with E-state index >= 15 is 0 Å². The summed E-state index contributed by atoms with van der Waals surface area (Å²) in [5.41, 5.74) is 3.23. The van der Waals surface area contributed by atoms with Crippen molar-refractivity contribution in [1.29, 1.82) is 0 Å². The van der Waals surface area contributed by atoms with Crippen molar-refractivity contribution in [2.75, 3.05) is 0 Å². The lowest BCUT2D eigenvalue weighted by Gasteiger charge is -2.39. The van der Waals surface area contributed by atoms with Gasteiger partial charge in [-0.1, -0.05) is 85.8 Å². The molecular formula is C25H22O3. The third-order valence-electron chi connectivity index (χ3n) is 7.43. The van der Waals surface area contributed by atoms with Crippen molar-refractivity contribution in [2.24, 2.45) is 17.3 Å². The SMILES string of the molecule is C=CC1=C(C)[C@]2(c3ccccc3)[C@H](c3ccccc3)[C@@]1(C)[C@@H]1C(=O)OC(=O)[C@@H]12. The van der Waals surface area contributed by atoms with Crippen molar-refractivity contribution >= 4 is 11.9 Å². The van der Waals surface area contributed by atoms with Gasteiger partial charge < -0.3 is 4.74 Å². The van der Waals surface area contributed by atoms with E-state index in [0.717, 1.165) is 22.3 Å². The Labute approximate surface area is 164 Å². The first-order valence-corrected chi connectivity index (χ1v) is 9.69. The minimum absolute atomic E-state index is 0.0385. The zero-order valence-electron chi connectivity index (χ0n) is 16.0. The number of hydrogen-bond donors (Lipinski definition) is 0. The van der Waals surface area contributed by atoms with Gasteiger partial charge in [0.15, 0.2) is 0 Å². The van der Waals surface area contributed by atoms with E-state index in [0.29, 0.717) is 0 Å². The smallest absolute Gasteiger partial charge is 0.318 e. The maximum atomic E-state index is 13.0. The Bertz CT molecular complexity index is 1040. The lowest BCUT2D eigenvalue weighted by atomic mass is 9.62. The molecule has 2 fully saturated rings. The fourth-order valence-electron chi connectivity index (χ4n) is 6.67. The van der Waals surface area contributed by atoms with Gasteiger partial charge in [0.05, 0.1) is 11.8 Å². The summed E-state index contributed by atoms with van der Waals surface area (Å²) in [5, 5.41) is 0. The van der Waals surface area contributed by atoms with Gasteiger partial charge in [0, 0.05) is 16.7 Å². The highest BCUT2D eigenvalue weighted by molar-refractivity contribution is 6.01. The Kier molecular flexibility index (Phi) is 3.40. The second-order valence-corrected chi connectivity index (χ2v) is 8.30. The van der Waals surface area contributed by atoms with Gasteiger partial charge in [-0.25, -0.2) is 0 Å². The van der Waals surface area contributed by atoms with Crippen LogP contribution < -0.4 is 0 Å². The molecule has 5 rings (SSSR count). The molecular weight excluding hydrogens is 348 g/mol. The van der Waals surface area contributed by atoms with Crippen molar-refractivity contribution in [3.63, 3.8) is 0 Å². The number of rotatable bonds is 3. The molecule has 0 amide bonds. The van der Waals surface area contributed by atoms with Gasteiger partial charge in [-0.15, -0.1) is 0 Å². The predicted molar refractivity (Wildman–Crippen MR) is 106 cm³/mol. The van der Waals surface area contributed by atoms with E-state index in [1.807, 2.05) is 42.5 Å². The van der Waals surface area contributed by atoms with Crippen LogP contribution >= 0.6 is 0 Å². The largest absolute Gasteiger partial charge is 0.393 e. The Morgan fingerprint density at radius 1 is 0.929 bits per heavy atom. The summed E-state index contributed by atoms with van der Waals surface area (Å²) in [6, 6.07) is 20.4. The second-order valence-electron chi connectivity index (χ2n) is 8.30. The number of fused-ring (bicyclic) bond motifs is 5. The molecule has 2 bridgehead atoms. The molecule has 0 spiro atoms. The molecule has 0 radical (unpaired) electrons. The van der Waals surface area contributed by atoms with E-state index in [-0.39, 0.29) is 5.92 Å². The van der Waals surface area contributed by atoms with Gasteiger partial charge in [-0.3, -0.25) is 9.59 Å². The fourth-order valence-corrected chi connectivity index (χ4v) is 6.67. The third-order valence-corrected chi connectivity index (χ3v) is 7.43. The Morgan fingerprint density at radius 3 is 2.11 bits per heavy atom. The molecule has 0 aromatic heterocycles. The molecule has 1 heterocycles. The van der Waals surface area contributed by atoms with Crippen LogP contribution in [0.5, 0.6) is 0 Å². The van der Waals surface area contributed by atoms with Gasteiger partial charge in [-0.05, 0) is 23.6 Å². The van der Waals surface area contributed by atoms with Gasteiger partial charge in [0.2, 0.25) is 0 Å². The first-order chi connectivity index (χ1) is 13.5. The molecule has 0 N–H and O–H groups in total. The van der Waals surface area contributed by atoms with Crippen LogP contribution in [-0.2, 0) is 19.7 Å². The molecule has 1 saturated carbocycles. The summed E-state index contributed by atoms with van der Waals surface area (Å²) in [6.07, 6.45) is 1.88. The highest BCUT2D eigenvalue weighted by Gasteiger charge is 2.79. The molecule has 0 unspecified atom stereocenters. The van der Waals surface area contributed by atoms with Gasteiger partial charge >= 0.3 is 11.9 Å². The zero-order chi connectivity index (χ0) is 19.7. The maximum Gasteiger partial charge on any atom is 0.318 e. The van der Waals surface area contributed by atoms with E-state index in [1.165, 1.54) is 0 Å². The average molecular weight is 370 g/mol. The molecule has 2 aromatic carbocycles. The molecule has 5 atom stereocenters. The summed E-state index contributed by atoms with van der Waals surface area (Å²) >= 11 is 0. The molecule has 2 aliphatic carbocycles. The lowest BCUT2D eigenvalue weighted by molar-refractivity contribution is -0.155. The number of allylic oxidation sites excluding steroid dienone is 3. The van der Waals surface area contributed by atoms with Crippen molar-refractivity contribution < 1.29 is 14.3 Å². The summed E-state index contributed by atoms with van der Waals surface area (Å²) in [4.78, 5) is 25.9. The quantitative estimate of drug-likeness (QED) is 0.588. The normalized spacial score (nSPS) is 35.9. The summed E-state index contributed by atoms with van der Waals surface area (Å²) in [5.74, 6) is -1.85. The standard InChI is InChI=1S/C25H22O3/c1-4-18-15(2)25(17-13-9-6-10-14-17)20-19(22(26)28-23(20)27)24(18,3)21(25)16-11-7-5-8-12-16/h4-14,19-21H,1H2,2-3H3/t19-,20+,21+,24+,25+/m0/s1. The molecule has 3 aliphatic rings. The minimum atomic E-state index is -0.616. The minimum Gasteiger partial charge on any atom is -0.393 e.